The van der Waals surface area contributed by atoms with Crippen LogP contribution < -0.4 is 10.5 Å². The number of hydrogen-bond acceptors (Lipinski definition) is 4. The molecule has 0 unspecified atom stereocenters. The highest BCUT2D eigenvalue weighted by Gasteiger charge is 2.09. The van der Waals surface area contributed by atoms with Gasteiger partial charge in [-0.05, 0) is 26.0 Å². The third-order valence-electron chi connectivity index (χ3n) is 2.90. The SMILES string of the molecule is Cc1ncsc1CCOc1cc(Br)ccc1[C@@H](C)N. The molecule has 1 atom stereocenters. The van der Waals surface area contributed by atoms with E-state index in [4.69, 9.17) is 10.5 Å². The molecule has 1 heterocycles. The zero-order valence-corrected chi connectivity index (χ0v) is 13.4. The second-order valence-corrected chi connectivity index (χ2v) is 6.29. The summed E-state index contributed by atoms with van der Waals surface area (Å²) in [6.45, 7) is 4.63. The molecular formula is C14H17BrN2OS. The van der Waals surface area contributed by atoms with Gasteiger partial charge in [-0.3, -0.25) is 0 Å². The minimum absolute atomic E-state index is 0.0340. The zero-order valence-electron chi connectivity index (χ0n) is 11.0. The predicted octanol–water partition coefficient (Wildman–Crippen LogP) is 3.86. The van der Waals surface area contributed by atoms with Crippen LogP contribution in [0.15, 0.2) is 28.2 Å². The second kappa shape index (κ2) is 6.50. The lowest BCUT2D eigenvalue weighted by molar-refractivity contribution is 0.317. The van der Waals surface area contributed by atoms with Crippen LogP contribution >= 0.6 is 27.3 Å². The summed E-state index contributed by atoms with van der Waals surface area (Å²) in [5.74, 6) is 0.853. The van der Waals surface area contributed by atoms with E-state index in [1.807, 2.05) is 37.6 Å². The molecule has 2 N–H and O–H groups in total. The molecule has 0 aliphatic carbocycles. The number of rotatable bonds is 5. The van der Waals surface area contributed by atoms with Gasteiger partial charge in [0.1, 0.15) is 5.75 Å². The quantitative estimate of drug-likeness (QED) is 0.898. The Bertz CT molecular complexity index is 554. The topological polar surface area (TPSA) is 48.1 Å². The number of benzene rings is 1. The first kappa shape index (κ1) is 14.5. The van der Waals surface area contributed by atoms with E-state index in [1.165, 1.54) is 4.88 Å². The molecule has 0 spiro atoms. The summed E-state index contributed by atoms with van der Waals surface area (Å²) in [5.41, 5.74) is 9.95. The molecule has 3 nitrogen and oxygen atoms in total. The Labute approximate surface area is 125 Å². The highest BCUT2D eigenvalue weighted by Crippen LogP contribution is 2.28. The second-order valence-electron chi connectivity index (χ2n) is 4.43. The maximum Gasteiger partial charge on any atom is 0.125 e. The standard InChI is InChI=1S/C14H17BrN2OS/c1-9(16)12-4-3-11(15)7-13(12)18-6-5-14-10(2)17-8-19-14/h3-4,7-9H,5-6,16H2,1-2H3/t9-/m1/s1. The molecule has 0 saturated carbocycles. The molecule has 1 aromatic carbocycles. The summed E-state index contributed by atoms with van der Waals surface area (Å²) >= 11 is 5.13. The number of nitrogens with two attached hydrogens (primary N) is 1. The van der Waals surface area contributed by atoms with Crippen molar-refractivity contribution in [1.82, 2.24) is 4.98 Å². The van der Waals surface area contributed by atoms with E-state index in [2.05, 4.69) is 20.9 Å². The molecule has 19 heavy (non-hydrogen) atoms. The first-order chi connectivity index (χ1) is 9.08. The van der Waals surface area contributed by atoms with E-state index < -0.39 is 0 Å². The predicted molar refractivity (Wildman–Crippen MR) is 82.8 cm³/mol. The van der Waals surface area contributed by atoms with E-state index in [1.54, 1.807) is 11.3 Å². The van der Waals surface area contributed by atoms with Crippen LogP contribution in [0.2, 0.25) is 0 Å². The van der Waals surface area contributed by atoms with Gasteiger partial charge in [-0.2, -0.15) is 0 Å². The molecule has 0 saturated heterocycles. The summed E-state index contributed by atoms with van der Waals surface area (Å²) in [4.78, 5) is 5.51. The van der Waals surface area contributed by atoms with Gasteiger partial charge in [0.2, 0.25) is 0 Å². The van der Waals surface area contributed by atoms with Gasteiger partial charge in [-0.1, -0.05) is 22.0 Å². The minimum atomic E-state index is -0.0340. The average molecular weight is 341 g/mol. The molecule has 0 radical (unpaired) electrons. The van der Waals surface area contributed by atoms with E-state index in [0.29, 0.717) is 6.61 Å². The van der Waals surface area contributed by atoms with Crippen LogP contribution in [0.1, 0.15) is 29.1 Å². The van der Waals surface area contributed by atoms with Crippen molar-refractivity contribution >= 4 is 27.3 Å². The van der Waals surface area contributed by atoms with Gasteiger partial charge in [0, 0.05) is 27.4 Å². The van der Waals surface area contributed by atoms with Crippen molar-refractivity contribution in [3.63, 3.8) is 0 Å². The third kappa shape index (κ3) is 3.78. The zero-order chi connectivity index (χ0) is 13.8. The number of halogens is 1. The van der Waals surface area contributed by atoms with Crippen molar-refractivity contribution in [2.24, 2.45) is 5.73 Å². The summed E-state index contributed by atoms with van der Waals surface area (Å²) in [6.07, 6.45) is 0.876. The Morgan fingerprint density at radius 1 is 1.47 bits per heavy atom. The summed E-state index contributed by atoms with van der Waals surface area (Å²) in [7, 11) is 0. The number of aromatic nitrogens is 1. The fraction of sp³-hybridized carbons (Fsp3) is 0.357. The summed E-state index contributed by atoms with van der Waals surface area (Å²) < 4.78 is 6.88. The van der Waals surface area contributed by atoms with Crippen molar-refractivity contribution in [2.45, 2.75) is 26.3 Å². The van der Waals surface area contributed by atoms with Crippen LogP contribution in [0.4, 0.5) is 0 Å². The fourth-order valence-electron chi connectivity index (χ4n) is 1.83. The van der Waals surface area contributed by atoms with E-state index >= 15 is 0 Å². The van der Waals surface area contributed by atoms with Crippen molar-refractivity contribution < 1.29 is 4.74 Å². The molecule has 0 aliphatic rings. The molecule has 0 fully saturated rings. The lowest BCUT2D eigenvalue weighted by Gasteiger charge is -2.14. The third-order valence-corrected chi connectivity index (χ3v) is 4.39. The Morgan fingerprint density at radius 3 is 2.89 bits per heavy atom. The first-order valence-corrected chi connectivity index (χ1v) is 7.82. The molecule has 2 rings (SSSR count). The molecule has 0 bridgehead atoms. The van der Waals surface area contributed by atoms with Crippen LogP contribution in [-0.4, -0.2) is 11.6 Å². The normalized spacial score (nSPS) is 12.4. The number of aryl methyl sites for hydroxylation is 1. The smallest absolute Gasteiger partial charge is 0.125 e. The number of thiazole rings is 1. The van der Waals surface area contributed by atoms with Crippen molar-refractivity contribution in [3.8, 4) is 5.75 Å². The first-order valence-electron chi connectivity index (χ1n) is 6.14. The summed E-state index contributed by atoms with van der Waals surface area (Å²) in [5, 5.41) is 0. The van der Waals surface area contributed by atoms with E-state index in [-0.39, 0.29) is 6.04 Å². The van der Waals surface area contributed by atoms with Crippen molar-refractivity contribution in [2.75, 3.05) is 6.61 Å². The maximum absolute atomic E-state index is 5.95. The molecular weight excluding hydrogens is 324 g/mol. The van der Waals surface area contributed by atoms with Crippen LogP contribution in [0, 0.1) is 6.92 Å². The number of hydrogen-bond donors (Lipinski definition) is 1. The van der Waals surface area contributed by atoms with Gasteiger partial charge in [0.05, 0.1) is 17.8 Å². The molecule has 102 valence electrons. The maximum atomic E-state index is 5.95. The van der Waals surface area contributed by atoms with Gasteiger partial charge < -0.3 is 10.5 Å². The molecule has 2 aromatic rings. The molecule has 0 amide bonds. The highest BCUT2D eigenvalue weighted by atomic mass is 79.9. The van der Waals surface area contributed by atoms with E-state index in [0.717, 1.165) is 27.9 Å². The number of nitrogens with zero attached hydrogens (tertiary/aromatic N) is 1. The Balaban J connectivity index is 2.03. The Kier molecular flexibility index (Phi) is 4.96. The van der Waals surface area contributed by atoms with Gasteiger partial charge in [-0.25, -0.2) is 4.98 Å². The van der Waals surface area contributed by atoms with Gasteiger partial charge in [-0.15, -0.1) is 11.3 Å². The van der Waals surface area contributed by atoms with Crippen LogP contribution in [0.5, 0.6) is 5.75 Å². The largest absolute Gasteiger partial charge is 0.493 e. The molecule has 1 aromatic heterocycles. The average Bonchev–Trinajstić information content (AvgIpc) is 2.75. The molecule has 5 heteroatoms. The lowest BCUT2D eigenvalue weighted by Crippen LogP contribution is -2.09. The van der Waals surface area contributed by atoms with Gasteiger partial charge >= 0.3 is 0 Å². The summed E-state index contributed by atoms with van der Waals surface area (Å²) in [6, 6.07) is 5.92. The number of ether oxygens (including phenoxy) is 1. The van der Waals surface area contributed by atoms with Crippen LogP contribution in [-0.2, 0) is 6.42 Å². The lowest BCUT2D eigenvalue weighted by atomic mass is 10.1. The minimum Gasteiger partial charge on any atom is -0.493 e. The van der Waals surface area contributed by atoms with Crippen LogP contribution in [0.3, 0.4) is 0 Å². The van der Waals surface area contributed by atoms with Crippen molar-refractivity contribution in [1.29, 1.82) is 0 Å². The van der Waals surface area contributed by atoms with Crippen LogP contribution in [0.25, 0.3) is 0 Å². The highest BCUT2D eigenvalue weighted by molar-refractivity contribution is 9.10. The van der Waals surface area contributed by atoms with Gasteiger partial charge in [0.15, 0.2) is 0 Å². The monoisotopic (exact) mass is 340 g/mol. The Hall–Kier alpha value is -0.910. The van der Waals surface area contributed by atoms with Crippen molar-refractivity contribution in [3.05, 3.63) is 44.3 Å². The molecule has 0 aliphatic heterocycles. The van der Waals surface area contributed by atoms with E-state index in [9.17, 15) is 0 Å². The van der Waals surface area contributed by atoms with Gasteiger partial charge in [0.25, 0.3) is 0 Å². The fourth-order valence-corrected chi connectivity index (χ4v) is 2.93. The Morgan fingerprint density at radius 2 is 2.26 bits per heavy atom.